The van der Waals surface area contributed by atoms with E-state index in [0.29, 0.717) is 17.8 Å². The van der Waals surface area contributed by atoms with Crippen molar-refractivity contribution >= 4 is 29.3 Å². The molecule has 0 aliphatic heterocycles. The predicted octanol–water partition coefficient (Wildman–Crippen LogP) is 1.94. The summed E-state index contributed by atoms with van der Waals surface area (Å²) in [6.45, 7) is 0.638. The van der Waals surface area contributed by atoms with E-state index in [4.69, 9.17) is 4.74 Å². The van der Waals surface area contributed by atoms with E-state index in [2.05, 4.69) is 15.7 Å². The number of nitrogens with one attached hydrogen (secondary N) is 2. The van der Waals surface area contributed by atoms with Gasteiger partial charge in [0.2, 0.25) is 5.91 Å². The van der Waals surface area contributed by atoms with Crippen molar-refractivity contribution in [3.05, 3.63) is 42.2 Å². The van der Waals surface area contributed by atoms with Gasteiger partial charge in [-0.2, -0.15) is 16.9 Å². The van der Waals surface area contributed by atoms with Gasteiger partial charge >= 0.3 is 0 Å². The third-order valence-corrected chi connectivity index (χ3v) is 4.02. The van der Waals surface area contributed by atoms with E-state index in [0.717, 1.165) is 17.9 Å². The van der Waals surface area contributed by atoms with Crippen LogP contribution in [0.4, 0.5) is 5.69 Å². The van der Waals surface area contributed by atoms with Gasteiger partial charge in [-0.15, -0.1) is 0 Å². The van der Waals surface area contributed by atoms with Gasteiger partial charge < -0.3 is 15.4 Å². The number of carbonyl (C=O) groups excluding carboxylic acids is 2. The smallest absolute Gasteiger partial charge is 0.251 e. The molecule has 0 unspecified atom stereocenters. The number of nitrogens with zero attached hydrogens (tertiary/aromatic N) is 2. The first kappa shape index (κ1) is 19.0. The van der Waals surface area contributed by atoms with Crippen molar-refractivity contribution < 1.29 is 14.3 Å². The van der Waals surface area contributed by atoms with Crippen LogP contribution in [-0.2, 0) is 9.53 Å². The molecule has 0 saturated heterocycles. The fraction of sp³-hybridized carbons (Fsp3) is 0.353. The van der Waals surface area contributed by atoms with E-state index in [-0.39, 0.29) is 18.4 Å². The van der Waals surface area contributed by atoms with Crippen LogP contribution in [-0.4, -0.2) is 53.9 Å². The quantitative estimate of drug-likeness (QED) is 0.666. The van der Waals surface area contributed by atoms with E-state index in [9.17, 15) is 9.59 Å². The van der Waals surface area contributed by atoms with Crippen molar-refractivity contribution in [3.8, 4) is 5.69 Å². The first-order chi connectivity index (χ1) is 12.1. The van der Waals surface area contributed by atoms with Crippen molar-refractivity contribution in [1.29, 1.82) is 0 Å². The summed E-state index contributed by atoms with van der Waals surface area (Å²) in [5, 5.41) is 9.80. The summed E-state index contributed by atoms with van der Waals surface area (Å²) in [7, 11) is 1.46. The Hall–Kier alpha value is -2.32. The maximum Gasteiger partial charge on any atom is 0.251 e. The molecule has 0 spiro atoms. The fourth-order valence-corrected chi connectivity index (χ4v) is 2.60. The van der Waals surface area contributed by atoms with Gasteiger partial charge in [0.25, 0.3) is 5.91 Å². The van der Waals surface area contributed by atoms with Crippen LogP contribution in [0.1, 0.15) is 16.8 Å². The highest BCUT2D eigenvalue weighted by Gasteiger charge is 2.08. The molecule has 0 atom stereocenters. The predicted molar refractivity (Wildman–Crippen MR) is 99.4 cm³/mol. The highest BCUT2D eigenvalue weighted by molar-refractivity contribution is 7.98. The molecule has 2 N–H and O–H groups in total. The van der Waals surface area contributed by atoms with Crippen molar-refractivity contribution in [2.24, 2.45) is 0 Å². The van der Waals surface area contributed by atoms with E-state index in [1.165, 1.54) is 7.11 Å². The average molecular weight is 362 g/mol. The van der Waals surface area contributed by atoms with Crippen molar-refractivity contribution in [3.63, 3.8) is 0 Å². The Balaban J connectivity index is 2.02. The third-order valence-electron chi connectivity index (χ3n) is 3.33. The molecule has 2 aromatic rings. The fourth-order valence-electron chi connectivity index (χ4n) is 2.17. The van der Waals surface area contributed by atoms with Crippen molar-refractivity contribution in [2.75, 3.05) is 37.6 Å². The molecule has 0 fully saturated rings. The molecule has 2 amide bonds. The minimum Gasteiger partial charge on any atom is -0.375 e. The minimum absolute atomic E-state index is 0.0165. The maximum atomic E-state index is 12.2. The van der Waals surface area contributed by atoms with Crippen LogP contribution in [0.15, 0.2) is 36.7 Å². The molecule has 1 aromatic carbocycles. The molecule has 7 nitrogen and oxygen atoms in total. The Morgan fingerprint density at radius 1 is 1.36 bits per heavy atom. The van der Waals surface area contributed by atoms with Gasteiger partial charge in [0.15, 0.2) is 0 Å². The number of aromatic nitrogens is 2. The van der Waals surface area contributed by atoms with Crippen LogP contribution >= 0.6 is 11.8 Å². The number of hydrogen-bond acceptors (Lipinski definition) is 5. The lowest BCUT2D eigenvalue weighted by atomic mass is 10.2. The van der Waals surface area contributed by atoms with Crippen LogP contribution < -0.4 is 10.6 Å². The number of thioether (sulfide) groups is 1. The molecule has 0 aliphatic rings. The zero-order valence-electron chi connectivity index (χ0n) is 14.3. The van der Waals surface area contributed by atoms with Crippen LogP contribution in [0.3, 0.4) is 0 Å². The monoisotopic (exact) mass is 362 g/mol. The molecule has 1 aromatic heterocycles. The Labute approximate surface area is 151 Å². The second kappa shape index (κ2) is 9.85. The molecule has 0 radical (unpaired) electrons. The number of rotatable bonds is 9. The molecule has 0 aliphatic carbocycles. The van der Waals surface area contributed by atoms with Crippen molar-refractivity contribution in [2.45, 2.75) is 6.42 Å². The first-order valence-electron chi connectivity index (χ1n) is 7.85. The Kier molecular flexibility index (Phi) is 7.49. The second-order valence-corrected chi connectivity index (χ2v) is 6.29. The highest BCUT2D eigenvalue weighted by atomic mass is 32.2. The lowest BCUT2D eigenvalue weighted by molar-refractivity contribution is -0.119. The van der Waals surface area contributed by atoms with E-state index in [1.807, 2.05) is 12.3 Å². The molecule has 0 saturated carbocycles. The second-order valence-electron chi connectivity index (χ2n) is 5.31. The summed E-state index contributed by atoms with van der Waals surface area (Å²) in [5.41, 5.74) is 1.88. The summed E-state index contributed by atoms with van der Waals surface area (Å²) < 4.78 is 6.38. The van der Waals surface area contributed by atoms with Gasteiger partial charge in [-0.3, -0.25) is 9.59 Å². The van der Waals surface area contributed by atoms with Gasteiger partial charge in [0.05, 0.1) is 23.8 Å². The van der Waals surface area contributed by atoms with Gasteiger partial charge in [-0.25, -0.2) is 4.68 Å². The minimum atomic E-state index is -0.250. The summed E-state index contributed by atoms with van der Waals surface area (Å²) in [4.78, 5) is 23.7. The van der Waals surface area contributed by atoms with Crippen LogP contribution in [0.2, 0.25) is 0 Å². The summed E-state index contributed by atoms with van der Waals surface area (Å²) in [6.07, 6.45) is 6.21. The molecular formula is C17H22N4O3S. The Morgan fingerprint density at radius 2 is 2.20 bits per heavy atom. The van der Waals surface area contributed by atoms with Crippen LogP contribution in [0.25, 0.3) is 5.69 Å². The molecule has 1 heterocycles. The molecular weight excluding hydrogens is 340 g/mol. The maximum absolute atomic E-state index is 12.2. The Morgan fingerprint density at radius 3 is 2.96 bits per heavy atom. The topological polar surface area (TPSA) is 85.2 Å². The molecule has 0 bridgehead atoms. The van der Waals surface area contributed by atoms with E-state index in [1.54, 1.807) is 47.0 Å². The Bertz CT molecular complexity index is 717. The van der Waals surface area contributed by atoms with Gasteiger partial charge in [-0.05, 0) is 36.6 Å². The summed E-state index contributed by atoms with van der Waals surface area (Å²) >= 11 is 1.76. The van der Waals surface area contributed by atoms with E-state index >= 15 is 0 Å². The number of carbonyl (C=O) groups is 2. The standard InChI is InChI=1S/C17H22N4O3S/c1-24-12-16(22)20-14-10-19-21(11-14)15-6-3-5-13(9-15)17(23)18-7-4-8-25-2/h3,5-6,9-11H,4,7-8,12H2,1-2H3,(H,18,23)(H,20,22). The lowest BCUT2D eigenvalue weighted by Crippen LogP contribution is -2.24. The molecule has 2 rings (SSSR count). The van der Waals surface area contributed by atoms with Gasteiger partial charge in [0, 0.05) is 19.2 Å². The van der Waals surface area contributed by atoms with Crippen LogP contribution in [0, 0.1) is 0 Å². The zero-order chi connectivity index (χ0) is 18.1. The summed E-state index contributed by atoms with van der Waals surface area (Å²) in [6, 6.07) is 7.17. The molecule has 8 heteroatoms. The average Bonchev–Trinajstić information content (AvgIpc) is 3.07. The van der Waals surface area contributed by atoms with Gasteiger partial charge in [0.1, 0.15) is 6.61 Å². The van der Waals surface area contributed by atoms with E-state index < -0.39 is 0 Å². The number of benzene rings is 1. The normalized spacial score (nSPS) is 10.5. The first-order valence-corrected chi connectivity index (χ1v) is 9.24. The summed E-state index contributed by atoms with van der Waals surface area (Å²) in [5.74, 6) is 0.662. The number of methoxy groups -OCH3 is 1. The molecule has 25 heavy (non-hydrogen) atoms. The third kappa shape index (κ3) is 5.91. The SMILES string of the molecule is COCC(=O)Nc1cnn(-c2cccc(C(=O)NCCCSC)c2)c1. The van der Waals surface area contributed by atoms with Gasteiger partial charge in [-0.1, -0.05) is 6.07 Å². The number of hydrogen-bond donors (Lipinski definition) is 2. The largest absolute Gasteiger partial charge is 0.375 e. The highest BCUT2D eigenvalue weighted by Crippen LogP contribution is 2.13. The lowest BCUT2D eigenvalue weighted by Gasteiger charge is -2.07. The van der Waals surface area contributed by atoms with Crippen LogP contribution in [0.5, 0.6) is 0 Å². The van der Waals surface area contributed by atoms with Crippen molar-refractivity contribution in [1.82, 2.24) is 15.1 Å². The number of amides is 2. The number of anilines is 1. The zero-order valence-corrected chi connectivity index (χ0v) is 15.1. The number of ether oxygens (including phenoxy) is 1. The molecule has 134 valence electrons.